The van der Waals surface area contributed by atoms with Gasteiger partial charge >= 0.3 is 0 Å². The lowest BCUT2D eigenvalue weighted by Gasteiger charge is -2.42. The van der Waals surface area contributed by atoms with E-state index >= 15 is 0 Å². The average molecular weight is 414 g/mol. The highest BCUT2D eigenvalue weighted by molar-refractivity contribution is 7.89. The van der Waals surface area contributed by atoms with Gasteiger partial charge in [-0.15, -0.1) is 0 Å². The Hall–Kier alpha value is -0.733. The second-order valence-electron chi connectivity index (χ2n) is 7.96. The monoisotopic (exact) mass is 413 g/mol. The number of aryl methyl sites for hydroxylation is 1. The molecule has 1 saturated carbocycles. The summed E-state index contributed by atoms with van der Waals surface area (Å²) in [6.45, 7) is 10.4. The molecule has 1 aliphatic rings. The van der Waals surface area contributed by atoms with Crippen molar-refractivity contribution in [3.8, 4) is 0 Å². The lowest BCUT2D eigenvalue weighted by molar-refractivity contribution is -0.310. The second-order valence-corrected chi connectivity index (χ2v) is 14.3. The van der Waals surface area contributed by atoms with Crippen molar-refractivity contribution in [3.05, 3.63) is 29.8 Å². The van der Waals surface area contributed by atoms with Crippen LogP contribution in [-0.4, -0.2) is 28.4 Å². The Morgan fingerprint density at radius 2 is 1.70 bits per heavy atom. The number of rotatable bonds is 9. The van der Waals surface area contributed by atoms with Crippen molar-refractivity contribution in [2.75, 3.05) is 0 Å². The lowest BCUT2D eigenvalue weighted by Crippen LogP contribution is -2.55. The van der Waals surface area contributed by atoms with Crippen LogP contribution in [0.5, 0.6) is 0 Å². The van der Waals surface area contributed by atoms with Crippen molar-refractivity contribution in [3.63, 3.8) is 0 Å². The van der Waals surface area contributed by atoms with Crippen LogP contribution in [0.3, 0.4) is 0 Å². The quantitative estimate of drug-likeness (QED) is 0.354. The van der Waals surface area contributed by atoms with E-state index in [4.69, 9.17) is 9.46 Å². The maximum absolute atomic E-state index is 12.9. The van der Waals surface area contributed by atoms with Crippen LogP contribution in [0, 0.1) is 6.92 Å². The van der Waals surface area contributed by atoms with Gasteiger partial charge in [-0.05, 0) is 57.0 Å². The average Bonchev–Trinajstić information content (AvgIpc) is 2.66. The first-order valence-corrected chi connectivity index (χ1v) is 14.2. The number of hydrogen-bond acceptors (Lipinski definition) is 4. The van der Waals surface area contributed by atoms with E-state index in [2.05, 4.69) is 25.5 Å². The Kier molecular flexibility index (Phi) is 7.67. The zero-order valence-electron chi connectivity index (χ0n) is 17.4. The Bertz CT molecular complexity index is 695. The maximum atomic E-state index is 12.9. The molecule has 0 radical (unpaired) electrons. The highest BCUT2D eigenvalue weighted by Gasteiger charge is 2.43. The molecule has 2 unspecified atom stereocenters. The first-order chi connectivity index (χ1) is 12.7. The molecule has 154 valence electrons. The molecule has 0 aromatic heterocycles. The second kappa shape index (κ2) is 9.18. The van der Waals surface area contributed by atoms with Crippen LogP contribution in [0.2, 0.25) is 18.1 Å². The molecule has 27 heavy (non-hydrogen) atoms. The number of benzene rings is 1. The maximum Gasteiger partial charge on any atom is 0.240 e. The zero-order valence-corrected chi connectivity index (χ0v) is 19.2. The van der Waals surface area contributed by atoms with Gasteiger partial charge in [0.05, 0.1) is 10.9 Å². The topological polar surface area (TPSA) is 64.6 Å². The van der Waals surface area contributed by atoms with Crippen molar-refractivity contribution in [2.45, 2.75) is 95.0 Å². The third kappa shape index (κ3) is 5.41. The van der Waals surface area contributed by atoms with Gasteiger partial charge < -0.3 is 0 Å². The Morgan fingerprint density at radius 1 is 1.11 bits per heavy atom. The Morgan fingerprint density at radius 3 is 2.26 bits per heavy atom. The van der Waals surface area contributed by atoms with Gasteiger partial charge in [-0.1, -0.05) is 51.3 Å². The summed E-state index contributed by atoms with van der Waals surface area (Å²) < 4.78 is 34.7. The summed E-state index contributed by atoms with van der Waals surface area (Å²) in [4.78, 5) is 6.35. The van der Waals surface area contributed by atoms with Crippen molar-refractivity contribution < 1.29 is 17.9 Å². The number of sulfonamides is 1. The molecule has 5 nitrogen and oxygen atoms in total. The summed E-state index contributed by atoms with van der Waals surface area (Å²) >= 11 is 0. The first kappa shape index (κ1) is 22.6. The van der Waals surface area contributed by atoms with Gasteiger partial charge in [-0.25, -0.2) is 18.0 Å². The third-order valence-corrected chi connectivity index (χ3v) is 11.9. The highest BCUT2D eigenvalue weighted by Crippen LogP contribution is 2.35. The molecule has 1 aliphatic carbocycles. The van der Waals surface area contributed by atoms with Crippen LogP contribution in [0.4, 0.5) is 0 Å². The summed E-state index contributed by atoms with van der Waals surface area (Å²) in [6.07, 6.45) is 3.54. The van der Waals surface area contributed by atoms with Gasteiger partial charge in [0.15, 0.2) is 0 Å². The van der Waals surface area contributed by atoms with E-state index in [0.29, 0.717) is 4.90 Å². The summed E-state index contributed by atoms with van der Waals surface area (Å²) in [7, 11) is -5.50. The molecular formula is C20H35NO4SSi. The van der Waals surface area contributed by atoms with Crippen LogP contribution in [0.25, 0.3) is 0 Å². The molecule has 0 saturated heterocycles. The predicted octanol–water partition coefficient (Wildman–Crippen LogP) is 4.93. The Balaban J connectivity index is 2.17. The number of hydrogen-bond donors (Lipinski definition) is 1. The summed E-state index contributed by atoms with van der Waals surface area (Å²) in [5, 5.41) is 0. The molecule has 1 N–H and O–H groups in total. The van der Waals surface area contributed by atoms with Gasteiger partial charge in [0.25, 0.3) is 0 Å². The van der Waals surface area contributed by atoms with E-state index < -0.39 is 23.9 Å². The molecule has 7 heteroatoms. The lowest BCUT2D eigenvalue weighted by atomic mass is 9.82. The molecule has 1 aromatic rings. The molecule has 1 aromatic carbocycles. The Labute approximate surface area is 166 Å². The molecule has 0 spiro atoms. The summed E-state index contributed by atoms with van der Waals surface area (Å²) in [5.74, 6) is 0. The van der Waals surface area contributed by atoms with Gasteiger partial charge in [-0.2, -0.15) is 0 Å². The fraction of sp³-hybridized carbons (Fsp3) is 0.700. The number of nitrogens with one attached hydrogen (secondary N) is 1. The molecule has 1 fully saturated rings. The van der Waals surface area contributed by atoms with E-state index in [1.807, 2.05) is 26.0 Å². The van der Waals surface area contributed by atoms with Crippen molar-refractivity contribution in [1.29, 1.82) is 0 Å². The van der Waals surface area contributed by atoms with Crippen molar-refractivity contribution in [1.82, 2.24) is 4.72 Å². The minimum Gasteiger partial charge on any atom is -0.286 e. The minimum atomic E-state index is -3.59. The molecule has 0 heterocycles. The summed E-state index contributed by atoms with van der Waals surface area (Å²) in [6, 6.07) is 9.63. The van der Waals surface area contributed by atoms with E-state index in [-0.39, 0.29) is 6.04 Å². The minimum absolute atomic E-state index is 0.293. The predicted molar refractivity (Wildman–Crippen MR) is 112 cm³/mol. The van der Waals surface area contributed by atoms with E-state index in [1.54, 1.807) is 12.1 Å². The standard InChI is InChI=1S/C20H35NO4SSi/c1-6-27(7-2,8-3)25-24-20(5)16-10-9-11-19(20)21-26(22,23)18-14-12-17(4)13-15-18/h12-15,19,21H,6-11,16H2,1-5H3. The molecule has 2 atom stereocenters. The van der Waals surface area contributed by atoms with E-state index in [9.17, 15) is 8.42 Å². The van der Waals surface area contributed by atoms with Crippen LogP contribution >= 0.6 is 0 Å². The van der Waals surface area contributed by atoms with Crippen molar-refractivity contribution in [2.24, 2.45) is 0 Å². The van der Waals surface area contributed by atoms with Crippen LogP contribution < -0.4 is 4.72 Å². The fourth-order valence-corrected chi connectivity index (χ4v) is 7.26. The first-order valence-electron chi connectivity index (χ1n) is 10.2. The van der Waals surface area contributed by atoms with Gasteiger partial charge in [0.2, 0.25) is 18.3 Å². The molecule has 0 bridgehead atoms. The highest BCUT2D eigenvalue weighted by atomic mass is 32.2. The molecule has 0 aliphatic heterocycles. The van der Waals surface area contributed by atoms with Crippen LogP contribution in [-0.2, 0) is 19.5 Å². The normalized spacial score (nSPS) is 24.1. The SMILES string of the molecule is CC[Si](CC)(CC)OOC1(C)CCCCC1NS(=O)(=O)c1ccc(C)cc1. The zero-order chi connectivity index (χ0) is 20.1. The van der Waals surface area contributed by atoms with Gasteiger partial charge in [-0.3, -0.25) is 4.58 Å². The molecular weight excluding hydrogens is 378 g/mol. The van der Waals surface area contributed by atoms with E-state index in [1.165, 1.54) is 0 Å². The smallest absolute Gasteiger partial charge is 0.240 e. The summed E-state index contributed by atoms with van der Waals surface area (Å²) in [5.41, 5.74) is 0.390. The van der Waals surface area contributed by atoms with Crippen molar-refractivity contribution >= 4 is 18.3 Å². The molecule has 2 rings (SSSR count). The third-order valence-electron chi connectivity index (χ3n) is 6.12. The van der Waals surface area contributed by atoms with Gasteiger partial charge in [0, 0.05) is 0 Å². The van der Waals surface area contributed by atoms with E-state index in [0.717, 1.165) is 49.4 Å². The van der Waals surface area contributed by atoms with Gasteiger partial charge in [0.1, 0.15) is 5.60 Å². The molecule has 0 amide bonds. The van der Waals surface area contributed by atoms with Crippen LogP contribution in [0.15, 0.2) is 29.2 Å². The largest absolute Gasteiger partial charge is 0.286 e. The van der Waals surface area contributed by atoms with Crippen LogP contribution in [0.1, 0.15) is 58.9 Å². The fourth-order valence-electron chi connectivity index (χ4n) is 3.67.